The van der Waals surface area contributed by atoms with Gasteiger partial charge in [0.05, 0.1) is 12.8 Å². The van der Waals surface area contributed by atoms with Crippen LogP contribution in [0.25, 0.3) is 0 Å². The van der Waals surface area contributed by atoms with Crippen molar-refractivity contribution < 1.29 is 4.74 Å². The zero-order chi connectivity index (χ0) is 7.68. The fourth-order valence-electron chi connectivity index (χ4n) is 1.14. The lowest BCUT2D eigenvalue weighted by molar-refractivity contribution is 0.396. The molecule has 0 atom stereocenters. The largest absolute Gasteiger partial charge is 0.481 e. The summed E-state index contributed by atoms with van der Waals surface area (Å²) in [7, 11) is 1.65. The first-order chi connectivity index (χ1) is 5.40. The van der Waals surface area contributed by atoms with Crippen molar-refractivity contribution in [1.82, 2.24) is 4.98 Å². The van der Waals surface area contributed by atoms with Gasteiger partial charge in [0.1, 0.15) is 0 Å². The minimum Gasteiger partial charge on any atom is -0.481 e. The molecular formula is C8H9NOS. The van der Waals surface area contributed by atoms with Gasteiger partial charge in [0.2, 0.25) is 5.88 Å². The van der Waals surface area contributed by atoms with Gasteiger partial charge >= 0.3 is 0 Å². The number of thioether (sulfide) groups is 1. The third kappa shape index (κ3) is 1.20. The third-order valence-corrected chi connectivity index (χ3v) is 2.74. The fraction of sp³-hybridized carbons (Fsp3) is 0.375. The lowest BCUT2D eigenvalue weighted by Gasteiger charge is -2.00. The van der Waals surface area contributed by atoms with Crippen molar-refractivity contribution in [2.45, 2.75) is 11.5 Å². The highest BCUT2D eigenvalue weighted by atomic mass is 32.2. The van der Waals surface area contributed by atoms with Crippen LogP contribution in [0.5, 0.6) is 5.88 Å². The van der Waals surface area contributed by atoms with Gasteiger partial charge < -0.3 is 4.74 Å². The Hall–Kier alpha value is -0.700. The van der Waals surface area contributed by atoms with E-state index in [0.29, 0.717) is 0 Å². The maximum atomic E-state index is 5.02. The monoisotopic (exact) mass is 167 g/mol. The Kier molecular flexibility index (Phi) is 1.74. The Balaban J connectivity index is 2.41. The number of pyridine rings is 1. The van der Waals surface area contributed by atoms with Gasteiger partial charge in [0, 0.05) is 17.6 Å². The zero-order valence-electron chi connectivity index (χ0n) is 6.33. The van der Waals surface area contributed by atoms with Gasteiger partial charge in [-0.05, 0) is 5.56 Å². The first-order valence-corrected chi connectivity index (χ1v) is 4.66. The molecular weight excluding hydrogens is 158 g/mol. The van der Waals surface area contributed by atoms with Gasteiger partial charge in [-0.1, -0.05) is 6.07 Å². The summed E-state index contributed by atoms with van der Waals surface area (Å²) >= 11 is 1.90. The molecule has 2 rings (SSSR count). The molecule has 2 heterocycles. The molecule has 58 valence electrons. The molecule has 0 saturated heterocycles. The summed E-state index contributed by atoms with van der Waals surface area (Å²) in [5, 5.41) is 0. The molecule has 0 saturated carbocycles. The summed E-state index contributed by atoms with van der Waals surface area (Å²) in [5.74, 6) is 2.87. The Labute approximate surface area is 70.0 Å². The summed E-state index contributed by atoms with van der Waals surface area (Å²) in [6, 6.07) is 4.02. The van der Waals surface area contributed by atoms with E-state index in [1.807, 2.05) is 17.8 Å². The zero-order valence-corrected chi connectivity index (χ0v) is 7.15. The predicted octanol–water partition coefficient (Wildman–Crippen LogP) is 1.84. The molecule has 0 amide bonds. The molecule has 1 aliphatic rings. The van der Waals surface area contributed by atoms with Gasteiger partial charge in [0.15, 0.2) is 0 Å². The van der Waals surface area contributed by atoms with E-state index < -0.39 is 0 Å². The summed E-state index contributed by atoms with van der Waals surface area (Å²) < 4.78 is 5.02. The summed E-state index contributed by atoms with van der Waals surface area (Å²) in [6.07, 6.45) is 0. The fourth-order valence-corrected chi connectivity index (χ4v) is 2.17. The smallest absolute Gasteiger partial charge is 0.213 e. The number of ether oxygens (including phenoxy) is 1. The quantitative estimate of drug-likeness (QED) is 0.637. The van der Waals surface area contributed by atoms with E-state index in [4.69, 9.17) is 4.74 Å². The van der Waals surface area contributed by atoms with E-state index in [2.05, 4.69) is 11.1 Å². The summed E-state index contributed by atoms with van der Waals surface area (Å²) in [6.45, 7) is 0. The van der Waals surface area contributed by atoms with Crippen molar-refractivity contribution in [3.63, 3.8) is 0 Å². The number of hydrogen-bond donors (Lipinski definition) is 0. The van der Waals surface area contributed by atoms with E-state index >= 15 is 0 Å². The minimum absolute atomic E-state index is 0.728. The van der Waals surface area contributed by atoms with Crippen LogP contribution in [0.4, 0.5) is 0 Å². The number of rotatable bonds is 1. The molecule has 3 heteroatoms. The van der Waals surface area contributed by atoms with E-state index in [-0.39, 0.29) is 0 Å². The van der Waals surface area contributed by atoms with Crippen LogP contribution in [0.1, 0.15) is 11.3 Å². The van der Waals surface area contributed by atoms with Crippen molar-refractivity contribution in [1.29, 1.82) is 0 Å². The maximum absolute atomic E-state index is 5.02. The molecule has 0 unspecified atom stereocenters. The number of hydrogen-bond acceptors (Lipinski definition) is 3. The number of fused-ring (bicyclic) bond motifs is 1. The van der Waals surface area contributed by atoms with Crippen LogP contribution in [0.15, 0.2) is 12.1 Å². The van der Waals surface area contributed by atoms with Gasteiger partial charge in [-0.3, -0.25) is 0 Å². The van der Waals surface area contributed by atoms with Gasteiger partial charge in [-0.25, -0.2) is 4.98 Å². The van der Waals surface area contributed by atoms with E-state index in [0.717, 1.165) is 17.4 Å². The summed E-state index contributed by atoms with van der Waals surface area (Å²) in [4.78, 5) is 4.33. The Bertz CT molecular complexity index is 275. The van der Waals surface area contributed by atoms with Crippen LogP contribution in [0, 0.1) is 0 Å². The second kappa shape index (κ2) is 2.74. The molecule has 1 aromatic rings. The molecule has 0 radical (unpaired) electrons. The van der Waals surface area contributed by atoms with E-state index in [1.165, 1.54) is 11.3 Å². The molecule has 0 N–H and O–H groups in total. The average Bonchev–Trinajstić information content (AvgIpc) is 2.50. The molecule has 0 fully saturated rings. The van der Waals surface area contributed by atoms with E-state index in [1.54, 1.807) is 7.11 Å². The lowest BCUT2D eigenvalue weighted by atomic mass is 10.2. The SMILES string of the molecule is COc1ccc2c(n1)CSC2. The molecule has 11 heavy (non-hydrogen) atoms. The van der Waals surface area contributed by atoms with Gasteiger partial charge in [-0.2, -0.15) is 11.8 Å². The maximum Gasteiger partial charge on any atom is 0.213 e. The highest BCUT2D eigenvalue weighted by molar-refractivity contribution is 7.98. The van der Waals surface area contributed by atoms with Crippen molar-refractivity contribution in [2.75, 3.05) is 7.11 Å². The molecule has 0 spiro atoms. The highest BCUT2D eigenvalue weighted by Gasteiger charge is 2.12. The average molecular weight is 167 g/mol. The Morgan fingerprint density at radius 3 is 3.18 bits per heavy atom. The topological polar surface area (TPSA) is 22.1 Å². The number of nitrogens with zero attached hydrogens (tertiary/aromatic N) is 1. The third-order valence-electron chi connectivity index (χ3n) is 1.75. The minimum atomic E-state index is 0.728. The molecule has 0 bridgehead atoms. The van der Waals surface area contributed by atoms with Gasteiger partial charge in [0.25, 0.3) is 0 Å². The number of aromatic nitrogens is 1. The van der Waals surface area contributed by atoms with Crippen LogP contribution < -0.4 is 4.74 Å². The van der Waals surface area contributed by atoms with Crippen LogP contribution in [-0.4, -0.2) is 12.1 Å². The molecule has 1 aliphatic heterocycles. The lowest BCUT2D eigenvalue weighted by Crippen LogP contribution is -1.92. The standard InChI is InChI=1S/C8H9NOS/c1-10-8-3-2-6-4-11-5-7(6)9-8/h2-3H,4-5H2,1H3. The van der Waals surface area contributed by atoms with Crippen molar-refractivity contribution >= 4 is 11.8 Å². The molecule has 2 nitrogen and oxygen atoms in total. The first kappa shape index (κ1) is 6.98. The molecule has 0 aliphatic carbocycles. The Morgan fingerprint density at radius 2 is 2.36 bits per heavy atom. The second-order valence-corrected chi connectivity index (χ2v) is 3.44. The first-order valence-electron chi connectivity index (χ1n) is 3.50. The predicted molar refractivity (Wildman–Crippen MR) is 45.8 cm³/mol. The highest BCUT2D eigenvalue weighted by Crippen LogP contribution is 2.29. The second-order valence-electron chi connectivity index (χ2n) is 2.45. The van der Waals surface area contributed by atoms with Gasteiger partial charge in [-0.15, -0.1) is 0 Å². The van der Waals surface area contributed by atoms with Crippen LogP contribution >= 0.6 is 11.8 Å². The van der Waals surface area contributed by atoms with E-state index in [9.17, 15) is 0 Å². The van der Waals surface area contributed by atoms with Crippen LogP contribution in [0.3, 0.4) is 0 Å². The summed E-state index contributed by atoms with van der Waals surface area (Å²) in [5.41, 5.74) is 2.55. The van der Waals surface area contributed by atoms with Crippen molar-refractivity contribution in [3.8, 4) is 5.88 Å². The molecule has 0 aromatic carbocycles. The Morgan fingerprint density at radius 1 is 1.45 bits per heavy atom. The van der Waals surface area contributed by atoms with Crippen LogP contribution in [0.2, 0.25) is 0 Å². The number of methoxy groups -OCH3 is 1. The normalized spacial score (nSPS) is 14.6. The van der Waals surface area contributed by atoms with Crippen molar-refractivity contribution in [3.05, 3.63) is 23.4 Å². The van der Waals surface area contributed by atoms with Crippen molar-refractivity contribution in [2.24, 2.45) is 0 Å². The van der Waals surface area contributed by atoms with Crippen LogP contribution in [-0.2, 0) is 11.5 Å². The molecule has 1 aromatic heterocycles.